The van der Waals surface area contributed by atoms with E-state index in [1.807, 2.05) is 0 Å². The molecule has 0 amide bonds. The van der Waals surface area contributed by atoms with Gasteiger partial charge in [-0.05, 0) is 32.9 Å². The molecule has 18 heavy (non-hydrogen) atoms. The minimum atomic E-state index is -4.40. The van der Waals surface area contributed by atoms with Crippen molar-refractivity contribution in [3.8, 4) is 0 Å². The fourth-order valence-electron chi connectivity index (χ4n) is 1.96. The molecular formula is C10H15F3N4S. The first-order valence-electron chi connectivity index (χ1n) is 5.85. The number of anilines is 1. The minimum Gasteiger partial charge on any atom is -0.359 e. The van der Waals surface area contributed by atoms with Gasteiger partial charge in [0.05, 0.1) is 0 Å². The molecule has 8 heteroatoms. The van der Waals surface area contributed by atoms with Crippen molar-refractivity contribution in [3.63, 3.8) is 0 Å². The summed E-state index contributed by atoms with van der Waals surface area (Å²) < 4.78 is 37.0. The number of hydrogen-bond acceptors (Lipinski definition) is 5. The average molecular weight is 280 g/mol. The van der Waals surface area contributed by atoms with Crippen LogP contribution in [0.15, 0.2) is 0 Å². The molecule has 2 rings (SSSR count). The average Bonchev–Trinajstić information content (AvgIpc) is 2.96. The Hall–Kier alpha value is -0.890. The number of alkyl halides is 3. The zero-order valence-corrected chi connectivity index (χ0v) is 10.8. The van der Waals surface area contributed by atoms with Crippen molar-refractivity contribution in [1.82, 2.24) is 15.1 Å². The first-order valence-corrected chi connectivity index (χ1v) is 6.67. The third-order valence-electron chi connectivity index (χ3n) is 2.98. The molecule has 1 aromatic heterocycles. The lowest BCUT2D eigenvalue weighted by atomic mass is 10.3. The van der Waals surface area contributed by atoms with Gasteiger partial charge in [0.1, 0.15) is 0 Å². The maximum Gasteiger partial charge on any atom is 0.445 e. The minimum absolute atomic E-state index is 0.230. The molecule has 4 nitrogen and oxygen atoms in total. The van der Waals surface area contributed by atoms with Crippen molar-refractivity contribution >= 4 is 16.5 Å². The summed E-state index contributed by atoms with van der Waals surface area (Å²) in [5.74, 6) is 0. The lowest BCUT2D eigenvalue weighted by molar-refractivity contribution is -0.138. The number of rotatable bonds is 4. The number of nitrogens with one attached hydrogen (secondary N) is 1. The van der Waals surface area contributed by atoms with Crippen LogP contribution in [-0.4, -0.2) is 40.8 Å². The Morgan fingerprint density at radius 1 is 1.33 bits per heavy atom. The summed E-state index contributed by atoms with van der Waals surface area (Å²) >= 11 is 0.547. The molecule has 0 saturated carbocycles. The van der Waals surface area contributed by atoms with Gasteiger partial charge < -0.3 is 5.32 Å². The van der Waals surface area contributed by atoms with E-state index in [4.69, 9.17) is 0 Å². The predicted octanol–water partition coefficient (Wildman–Crippen LogP) is 2.45. The van der Waals surface area contributed by atoms with E-state index in [1.54, 1.807) is 0 Å². The van der Waals surface area contributed by atoms with E-state index in [0.29, 0.717) is 23.9 Å². The number of hydrogen-bond donors (Lipinski definition) is 1. The smallest absolute Gasteiger partial charge is 0.359 e. The van der Waals surface area contributed by atoms with Crippen molar-refractivity contribution in [1.29, 1.82) is 0 Å². The van der Waals surface area contributed by atoms with Crippen LogP contribution in [0.3, 0.4) is 0 Å². The van der Waals surface area contributed by atoms with Crippen molar-refractivity contribution in [3.05, 3.63) is 5.01 Å². The van der Waals surface area contributed by atoms with Gasteiger partial charge in [-0.25, -0.2) is 0 Å². The van der Waals surface area contributed by atoms with Crippen molar-refractivity contribution in [2.75, 3.05) is 25.0 Å². The molecule has 0 aromatic carbocycles. The van der Waals surface area contributed by atoms with Gasteiger partial charge in [0.25, 0.3) is 0 Å². The zero-order valence-electron chi connectivity index (χ0n) is 10.00. The summed E-state index contributed by atoms with van der Waals surface area (Å²) in [4.78, 5) is 2.32. The Labute approximate surface area is 107 Å². The molecule has 0 bridgehead atoms. The summed E-state index contributed by atoms with van der Waals surface area (Å²) in [6.45, 7) is 4.77. The van der Waals surface area contributed by atoms with Crippen LogP contribution in [0.4, 0.5) is 18.3 Å². The normalized spacial score (nSPS) is 19.1. The quantitative estimate of drug-likeness (QED) is 0.920. The van der Waals surface area contributed by atoms with Gasteiger partial charge in [-0.3, -0.25) is 4.90 Å². The van der Waals surface area contributed by atoms with E-state index >= 15 is 0 Å². The van der Waals surface area contributed by atoms with E-state index in [-0.39, 0.29) is 5.13 Å². The summed E-state index contributed by atoms with van der Waals surface area (Å²) in [5, 5.41) is 8.87. The molecule has 1 saturated heterocycles. The standard InChI is InChI=1S/C10H15F3N4S/c1-7(17-4-2-3-5-17)6-14-9-16-15-8(18-9)10(11,12)13/h7H,2-6H2,1H3,(H,14,16). The molecule has 0 spiro atoms. The van der Waals surface area contributed by atoms with E-state index in [1.165, 1.54) is 12.8 Å². The van der Waals surface area contributed by atoms with Crippen LogP contribution in [0.1, 0.15) is 24.8 Å². The van der Waals surface area contributed by atoms with Crippen molar-refractivity contribution < 1.29 is 13.2 Å². The highest BCUT2D eigenvalue weighted by Crippen LogP contribution is 2.32. The lowest BCUT2D eigenvalue weighted by Crippen LogP contribution is -2.35. The topological polar surface area (TPSA) is 41.1 Å². The van der Waals surface area contributed by atoms with Gasteiger partial charge in [0.2, 0.25) is 10.1 Å². The van der Waals surface area contributed by atoms with Crippen LogP contribution in [-0.2, 0) is 6.18 Å². The second-order valence-corrected chi connectivity index (χ2v) is 5.36. The number of likely N-dealkylation sites (tertiary alicyclic amines) is 1. The van der Waals surface area contributed by atoms with Crippen LogP contribution in [0, 0.1) is 0 Å². The largest absolute Gasteiger partial charge is 0.445 e. The van der Waals surface area contributed by atoms with Gasteiger partial charge in [-0.1, -0.05) is 11.3 Å². The molecule has 102 valence electrons. The van der Waals surface area contributed by atoms with Gasteiger partial charge in [-0.2, -0.15) is 13.2 Å². The Bertz CT molecular complexity index is 387. The Kier molecular flexibility index (Phi) is 4.06. The molecule has 2 heterocycles. The third-order valence-corrected chi connectivity index (χ3v) is 3.91. The van der Waals surface area contributed by atoms with Gasteiger partial charge in [-0.15, -0.1) is 10.2 Å². The summed E-state index contributed by atoms with van der Waals surface area (Å²) in [7, 11) is 0. The molecular weight excluding hydrogens is 265 g/mol. The van der Waals surface area contributed by atoms with Crippen LogP contribution in [0.25, 0.3) is 0 Å². The van der Waals surface area contributed by atoms with Gasteiger partial charge in [0, 0.05) is 12.6 Å². The molecule has 1 fully saturated rings. The predicted molar refractivity (Wildman–Crippen MR) is 63.7 cm³/mol. The molecule has 1 aliphatic heterocycles. The SMILES string of the molecule is CC(CNc1nnc(C(F)(F)F)s1)N1CCCC1. The first-order chi connectivity index (χ1) is 8.47. The fraction of sp³-hybridized carbons (Fsp3) is 0.800. The van der Waals surface area contributed by atoms with Crippen LogP contribution >= 0.6 is 11.3 Å². The summed E-state index contributed by atoms with van der Waals surface area (Å²) in [6, 6.07) is 0.297. The van der Waals surface area contributed by atoms with Crippen LogP contribution < -0.4 is 5.32 Å². The molecule has 1 aliphatic rings. The van der Waals surface area contributed by atoms with Crippen LogP contribution in [0.2, 0.25) is 0 Å². The van der Waals surface area contributed by atoms with E-state index in [2.05, 4.69) is 27.3 Å². The fourth-order valence-corrected chi connectivity index (χ4v) is 2.57. The van der Waals surface area contributed by atoms with E-state index < -0.39 is 11.2 Å². The molecule has 1 unspecified atom stereocenters. The van der Waals surface area contributed by atoms with Crippen LogP contribution in [0.5, 0.6) is 0 Å². The molecule has 1 N–H and O–H groups in total. The zero-order chi connectivity index (χ0) is 13.2. The second kappa shape index (κ2) is 5.40. The Balaban J connectivity index is 1.84. The van der Waals surface area contributed by atoms with E-state index in [0.717, 1.165) is 13.1 Å². The van der Waals surface area contributed by atoms with Gasteiger partial charge >= 0.3 is 6.18 Å². The lowest BCUT2D eigenvalue weighted by Gasteiger charge is -2.23. The third kappa shape index (κ3) is 3.32. The molecule has 0 aliphatic carbocycles. The molecule has 0 radical (unpaired) electrons. The van der Waals surface area contributed by atoms with E-state index in [9.17, 15) is 13.2 Å². The Morgan fingerprint density at radius 2 is 2.00 bits per heavy atom. The number of halogens is 3. The highest BCUT2D eigenvalue weighted by Gasteiger charge is 2.35. The summed E-state index contributed by atoms with van der Waals surface area (Å²) in [6.07, 6.45) is -2.01. The Morgan fingerprint density at radius 3 is 2.56 bits per heavy atom. The number of aromatic nitrogens is 2. The van der Waals surface area contributed by atoms with Crippen molar-refractivity contribution in [2.24, 2.45) is 0 Å². The van der Waals surface area contributed by atoms with Crippen molar-refractivity contribution in [2.45, 2.75) is 32.0 Å². The highest BCUT2D eigenvalue weighted by molar-refractivity contribution is 7.15. The summed E-state index contributed by atoms with van der Waals surface area (Å²) in [5.41, 5.74) is 0. The molecule has 1 atom stereocenters. The highest BCUT2D eigenvalue weighted by atomic mass is 32.1. The monoisotopic (exact) mass is 280 g/mol. The number of nitrogens with zero attached hydrogens (tertiary/aromatic N) is 3. The molecule has 1 aromatic rings. The first kappa shape index (κ1) is 13.5. The second-order valence-electron chi connectivity index (χ2n) is 4.38. The maximum absolute atomic E-state index is 12.3. The van der Waals surface area contributed by atoms with Gasteiger partial charge in [0.15, 0.2) is 0 Å². The maximum atomic E-state index is 12.3.